The van der Waals surface area contributed by atoms with Crippen molar-refractivity contribution in [1.82, 2.24) is 4.90 Å². The van der Waals surface area contributed by atoms with Crippen molar-refractivity contribution in [3.63, 3.8) is 0 Å². The van der Waals surface area contributed by atoms with Gasteiger partial charge in [-0.2, -0.15) is 0 Å². The Kier molecular flexibility index (Phi) is 7.14. The van der Waals surface area contributed by atoms with Crippen LogP contribution in [0.4, 0.5) is 4.79 Å². The van der Waals surface area contributed by atoms with Crippen molar-refractivity contribution in [3.8, 4) is 0 Å². The van der Waals surface area contributed by atoms with Gasteiger partial charge < -0.3 is 14.2 Å². The van der Waals surface area contributed by atoms with Gasteiger partial charge in [0, 0.05) is 14.2 Å². The number of amides is 1. The lowest BCUT2D eigenvalue weighted by atomic mass is 10.2. The quantitative estimate of drug-likeness (QED) is 0.613. The fourth-order valence-corrected chi connectivity index (χ4v) is 0.784. The van der Waals surface area contributed by atoms with E-state index in [1.54, 1.807) is 0 Å². The van der Waals surface area contributed by atoms with Gasteiger partial charge in [0.2, 0.25) is 0 Å². The van der Waals surface area contributed by atoms with E-state index in [2.05, 4.69) is 0 Å². The number of rotatable bonds is 6. The van der Waals surface area contributed by atoms with Gasteiger partial charge in [-0.15, -0.1) is 0 Å². The second-order valence-electron chi connectivity index (χ2n) is 3.35. The summed E-state index contributed by atoms with van der Waals surface area (Å²) in [6, 6.07) is 0. The Bertz CT molecular complexity index is 155. The highest BCUT2D eigenvalue weighted by molar-refractivity contribution is 5.67. The van der Waals surface area contributed by atoms with E-state index in [4.69, 9.17) is 14.2 Å². The summed E-state index contributed by atoms with van der Waals surface area (Å²) in [5, 5.41) is 0. The van der Waals surface area contributed by atoms with Crippen LogP contribution in [0.5, 0.6) is 0 Å². The number of carbonyl (C=O) groups excluding carboxylic acids is 1. The van der Waals surface area contributed by atoms with E-state index in [-0.39, 0.29) is 13.5 Å². The van der Waals surface area contributed by atoms with Gasteiger partial charge >= 0.3 is 6.09 Å². The molecular weight excluding hydrogens is 186 g/mol. The smallest absolute Gasteiger partial charge is 0.413 e. The molecule has 0 rings (SSSR count). The number of nitrogens with zero attached hydrogens (tertiary/aromatic N) is 1. The minimum atomic E-state index is -0.414. The Balaban J connectivity index is 3.88. The molecule has 0 aliphatic rings. The summed E-state index contributed by atoms with van der Waals surface area (Å²) in [5.74, 6) is 0.325. The van der Waals surface area contributed by atoms with Crippen molar-refractivity contribution in [3.05, 3.63) is 0 Å². The summed E-state index contributed by atoms with van der Waals surface area (Å²) >= 11 is 0. The molecule has 0 N–H and O–H groups in total. The van der Waals surface area contributed by atoms with Crippen LogP contribution >= 0.6 is 0 Å². The summed E-state index contributed by atoms with van der Waals surface area (Å²) < 4.78 is 14.7. The van der Waals surface area contributed by atoms with Gasteiger partial charge in [-0.3, -0.25) is 4.90 Å². The van der Waals surface area contributed by atoms with Crippen LogP contribution in [-0.4, -0.2) is 45.3 Å². The molecule has 0 aliphatic heterocycles. The van der Waals surface area contributed by atoms with E-state index >= 15 is 0 Å². The van der Waals surface area contributed by atoms with E-state index in [0.717, 1.165) is 0 Å². The zero-order valence-electron chi connectivity index (χ0n) is 9.28. The standard InChI is InChI=1S/C9H19NO4/c1-8(2)5-14-9(11)10(6-12-3)7-13-4/h8H,5-7H2,1-4H3. The molecule has 0 atom stereocenters. The normalized spacial score (nSPS) is 10.4. The summed E-state index contributed by atoms with van der Waals surface area (Å²) in [4.78, 5) is 12.7. The Morgan fingerprint density at radius 2 is 1.71 bits per heavy atom. The van der Waals surface area contributed by atoms with Gasteiger partial charge in [0.15, 0.2) is 0 Å². The van der Waals surface area contributed by atoms with Crippen LogP contribution in [0, 0.1) is 5.92 Å². The predicted molar refractivity (Wildman–Crippen MR) is 51.8 cm³/mol. The molecule has 0 spiro atoms. The number of ether oxygens (including phenoxy) is 3. The number of methoxy groups -OCH3 is 2. The molecule has 84 valence electrons. The SMILES string of the molecule is COCN(COC)C(=O)OCC(C)C. The van der Waals surface area contributed by atoms with Crippen molar-refractivity contribution in [2.24, 2.45) is 5.92 Å². The lowest BCUT2D eigenvalue weighted by Crippen LogP contribution is -2.35. The lowest BCUT2D eigenvalue weighted by molar-refractivity contribution is -0.0158. The lowest BCUT2D eigenvalue weighted by Gasteiger charge is -2.20. The summed E-state index contributed by atoms with van der Waals surface area (Å²) in [5.41, 5.74) is 0. The van der Waals surface area contributed by atoms with E-state index in [1.807, 2.05) is 13.8 Å². The van der Waals surface area contributed by atoms with E-state index in [0.29, 0.717) is 12.5 Å². The highest BCUT2D eigenvalue weighted by Crippen LogP contribution is 1.98. The minimum Gasteiger partial charge on any atom is -0.449 e. The van der Waals surface area contributed by atoms with Gasteiger partial charge in [0.05, 0.1) is 6.61 Å². The zero-order valence-corrected chi connectivity index (χ0v) is 9.28. The van der Waals surface area contributed by atoms with Gasteiger partial charge in [0.25, 0.3) is 0 Å². The molecule has 0 fully saturated rings. The molecule has 0 aromatic heterocycles. The van der Waals surface area contributed by atoms with E-state index in [1.165, 1.54) is 19.1 Å². The maximum absolute atomic E-state index is 11.4. The molecule has 0 heterocycles. The van der Waals surface area contributed by atoms with Crippen LogP contribution in [0.2, 0.25) is 0 Å². The average molecular weight is 205 g/mol. The molecule has 0 aromatic rings. The number of hydrogen-bond acceptors (Lipinski definition) is 4. The van der Waals surface area contributed by atoms with E-state index in [9.17, 15) is 4.79 Å². The summed E-state index contributed by atoms with van der Waals surface area (Å²) in [6.45, 7) is 4.70. The van der Waals surface area contributed by atoms with Crippen LogP contribution in [-0.2, 0) is 14.2 Å². The van der Waals surface area contributed by atoms with Crippen molar-refractivity contribution >= 4 is 6.09 Å². The number of hydrogen-bond donors (Lipinski definition) is 0. The molecule has 1 amide bonds. The maximum Gasteiger partial charge on any atom is 0.413 e. The zero-order chi connectivity index (χ0) is 11.0. The van der Waals surface area contributed by atoms with Crippen LogP contribution in [0.3, 0.4) is 0 Å². The first-order valence-electron chi connectivity index (χ1n) is 4.51. The monoisotopic (exact) mass is 205 g/mol. The Labute approximate surface area is 84.9 Å². The van der Waals surface area contributed by atoms with E-state index < -0.39 is 6.09 Å². The Morgan fingerprint density at radius 1 is 1.21 bits per heavy atom. The number of carbonyl (C=O) groups is 1. The molecule has 14 heavy (non-hydrogen) atoms. The molecule has 0 saturated heterocycles. The minimum absolute atomic E-state index is 0.171. The van der Waals surface area contributed by atoms with Crippen LogP contribution in [0.15, 0.2) is 0 Å². The fraction of sp³-hybridized carbons (Fsp3) is 0.889. The predicted octanol–water partition coefficient (Wildman–Crippen LogP) is 1.29. The molecule has 5 nitrogen and oxygen atoms in total. The third kappa shape index (κ3) is 5.77. The van der Waals surface area contributed by atoms with Crippen molar-refractivity contribution in [2.75, 3.05) is 34.3 Å². The summed E-state index contributed by atoms with van der Waals surface area (Å²) in [6.07, 6.45) is -0.414. The third-order valence-corrected chi connectivity index (χ3v) is 1.37. The maximum atomic E-state index is 11.4. The van der Waals surface area contributed by atoms with Gasteiger partial charge in [-0.25, -0.2) is 4.79 Å². The largest absolute Gasteiger partial charge is 0.449 e. The second-order valence-corrected chi connectivity index (χ2v) is 3.35. The molecular formula is C9H19NO4. The van der Waals surface area contributed by atoms with Gasteiger partial charge in [0.1, 0.15) is 13.5 Å². The average Bonchev–Trinajstić information content (AvgIpc) is 2.14. The van der Waals surface area contributed by atoms with Crippen LogP contribution in [0.1, 0.15) is 13.8 Å². The Hall–Kier alpha value is -0.810. The second kappa shape index (κ2) is 7.58. The van der Waals surface area contributed by atoms with Crippen molar-refractivity contribution in [2.45, 2.75) is 13.8 Å². The van der Waals surface area contributed by atoms with Gasteiger partial charge in [-0.05, 0) is 5.92 Å². The molecule has 0 aliphatic carbocycles. The molecule has 5 heteroatoms. The molecule has 0 radical (unpaired) electrons. The molecule has 0 bridgehead atoms. The fourth-order valence-electron chi connectivity index (χ4n) is 0.784. The molecule has 0 aromatic carbocycles. The van der Waals surface area contributed by atoms with Gasteiger partial charge in [-0.1, -0.05) is 13.8 Å². The van der Waals surface area contributed by atoms with Crippen molar-refractivity contribution < 1.29 is 19.0 Å². The topological polar surface area (TPSA) is 48.0 Å². The Morgan fingerprint density at radius 3 is 2.07 bits per heavy atom. The first-order chi connectivity index (χ1) is 6.61. The highest BCUT2D eigenvalue weighted by Gasteiger charge is 2.14. The van der Waals surface area contributed by atoms with Crippen LogP contribution in [0.25, 0.3) is 0 Å². The van der Waals surface area contributed by atoms with Crippen LogP contribution < -0.4 is 0 Å². The molecule has 0 unspecified atom stereocenters. The summed E-state index contributed by atoms with van der Waals surface area (Å²) in [7, 11) is 3.02. The first kappa shape index (κ1) is 13.2. The highest BCUT2D eigenvalue weighted by atomic mass is 16.6. The first-order valence-corrected chi connectivity index (χ1v) is 4.51. The molecule has 0 saturated carbocycles. The van der Waals surface area contributed by atoms with Crippen molar-refractivity contribution in [1.29, 1.82) is 0 Å². The third-order valence-electron chi connectivity index (χ3n) is 1.37.